The molecule has 0 bridgehead atoms. The number of hydrogen-bond acceptors (Lipinski definition) is 8. The van der Waals surface area contributed by atoms with Crippen LogP contribution in [0, 0.1) is 0 Å². The fourth-order valence-corrected chi connectivity index (χ4v) is 1.79. The van der Waals surface area contributed by atoms with Crippen molar-refractivity contribution in [3.63, 3.8) is 0 Å². The summed E-state index contributed by atoms with van der Waals surface area (Å²) in [4.78, 5) is 23.5. The van der Waals surface area contributed by atoms with Crippen LogP contribution in [0.3, 0.4) is 0 Å². The highest BCUT2D eigenvalue weighted by molar-refractivity contribution is 6.30. The third-order valence-electron chi connectivity index (χ3n) is 2.73. The van der Waals surface area contributed by atoms with Crippen molar-refractivity contribution in [2.75, 3.05) is 11.5 Å². The van der Waals surface area contributed by atoms with Gasteiger partial charge in [0.1, 0.15) is 5.75 Å². The first-order valence-corrected chi connectivity index (χ1v) is 7.02. The van der Waals surface area contributed by atoms with E-state index >= 15 is 0 Å². The summed E-state index contributed by atoms with van der Waals surface area (Å²) in [6.45, 7) is 2.98. The van der Waals surface area contributed by atoms with E-state index in [9.17, 15) is 4.79 Å². The van der Waals surface area contributed by atoms with E-state index in [0.29, 0.717) is 10.8 Å². The van der Waals surface area contributed by atoms with Crippen molar-refractivity contribution >= 4 is 29.5 Å². The van der Waals surface area contributed by atoms with Crippen LogP contribution in [0.25, 0.3) is 0 Å². The number of esters is 1. The number of hydrogen-bond donors (Lipinski definition) is 2. The van der Waals surface area contributed by atoms with Crippen molar-refractivity contribution in [2.45, 2.75) is 26.1 Å². The Bertz CT molecular complexity index is 686. The van der Waals surface area contributed by atoms with Gasteiger partial charge in [-0.05, 0) is 38.1 Å². The topological polar surface area (TPSA) is 126 Å². The van der Waals surface area contributed by atoms with Gasteiger partial charge < -0.3 is 20.9 Å². The molecule has 9 heteroatoms. The Hall–Kier alpha value is -2.61. The molecule has 0 aliphatic heterocycles. The molecule has 0 fully saturated rings. The van der Waals surface area contributed by atoms with Crippen molar-refractivity contribution < 1.29 is 14.3 Å². The number of aromatic nitrogens is 3. The number of halogens is 1. The number of ether oxygens (including phenoxy) is 2. The predicted molar refractivity (Wildman–Crippen MR) is 84.6 cm³/mol. The largest absolute Gasteiger partial charge is 0.476 e. The molecule has 8 nitrogen and oxygen atoms in total. The lowest BCUT2D eigenvalue weighted by Crippen LogP contribution is -2.39. The van der Waals surface area contributed by atoms with E-state index < -0.39 is 11.6 Å². The number of carbonyl (C=O) groups excluding carboxylic acids is 1. The van der Waals surface area contributed by atoms with Crippen LogP contribution in [-0.4, -0.2) is 26.5 Å². The molecule has 0 unspecified atom stereocenters. The molecule has 1 heterocycles. The minimum atomic E-state index is -1.21. The van der Waals surface area contributed by atoms with Gasteiger partial charge in [-0.1, -0.05) is 11.6 Å². The van der Waals surface area contributed by atoms with Crippen LogP contribution >= 0.6 is 11.6 Å². The predicted octanol–water partition coefficient (Wildman–Crippen LogP) is 1.59. The van der Waals surface area contributed by atoms with Gasteiger partial charge in [0.15, 0.2) is 18.0 Å². The molecule has 0 atom stereocenters. The molecule has 1 aromatic carbocycles. The molecule has 2 rings (SSSR count). The van der Waals surface area contributed by atoms with Crippen LogP contribution in [0.4, 0.5) is 11.9 Å². The van der Waals surface area contributed by atoms with E-state index in [2.05, 4.69) is 15.0 Å². The monoisotopic (exact) mass is 337 g/mol. The number of nitrogen functional groups attached to an aromatic ring is 2. The molecule has 0 aliphatic rings. The zero-order valence-electron chi connectivity index (χ0n) is 12.6. The van der Waals surface area contributed by atoms with Crippen molar-refractivity contribution in [3.05, 3.63) is 35.1 Å². The Morgan fingerprint density at radius 2 is 1.70 bits per heavy atom. The van der Waals surface area contributed by atoms with Crippen LogP contribution in [0.15, 0.2) is 24.3 Å². The highest BCUT2D eigenvalue weighted by Gasteiger charge is 2.32. The summed E-state index contributed by atoms with van der Waals surface area (Å²) in [6, 6.07) is 6.64. The highest BCUT2D eigenvalue weighted by Crippen LogP contribution is 2.22. The second-order valence-electron chi connectivity index (χ2n) is 5.11. The summed E-state index contributed by atoms with van der Waals surface area (Å²) in [5, 5.41) is 0.572. The average Bonchev–Trinajstić information content (AvgIpc) is 2.46. The SMILES string of the molecule is CC(C)(Oc1ccc(Cl)cc1)C(=O)OCc1nc(N)nc(N)n1. The Labute approximate surface area is 137 Å². The van der Waals surface area contributed by atoms with Gasteiger partial charge in [0.05, 0.1) is 0 Å². The van der Waals surface area contributed by atoms with Gasteiger partial charge in [0.25, 0.3) is 0 Å². The van der Waals surface area contributed by atoms with Gasteiger partial charge >= 0.3 is 5.97 Å². The first-order chi connectivity index (χ1) is 10.8. The lowest BCUT2D eigenvalue weighted by Gasteiger charge is -2.24. The van der Waals surface area contributed by atoms with Gasteiger partial charge in [-0.15, -0.1) is 0 Å². The van der Waals surface area contributed by atoms with Gasteiger partial charge in [0, 0.05) is 5.02 Å². The number of benzene rings is 1. The summed E-state index contributed by atoms with van der Waals surface area (Å²) in [6.07, 6.45) is 0. The summed E-state index contributed by atoms with van der Waals surface area (Å²) < 4.78 is 10.8. The van der Waals surface area contributed by atoms with Gasteiger partial charge in [-0.25, -0.2) is 4.79 Å². The molecular weight excluding hydrogens is 322 g/mol. The smallest absolute Gasteiger partial charge is 0.350 e. The Morgan fingerprint density at radius 3 is 2.26 bits per heavy atom. The molecule has 2 aromatic rings. The molecular formula is C14H16ClN5O3. The first-order valence-electron chi connectivity index (χ1n) is 6.64. The molecule has 0 aliphatic carbocycles. The normalized spacial score (nSPS) is 11.1. The maximum absolute atomic E-state index is 12.2. The van der Waals surface area contributed by atoms with E-state index in [4.69, 9.17) is 32.5 Å². The van der Waals surface area contributed by atoms with E-state index in [1.54, 1.807) is 38.1 Å². The lowest BCUT2D eigenvalue weighted by atomic mass is 10.1. The molecule has 0 amide bonds. The third-order valence-corrected chi connectivity index (χ3v) is 2.98. The van der Waals surface area contributed by atoms with E-state index in [1.165, 1.54) is 0 Å². The molecule has 122 valence electrons. The fraction of sp³-hybridized carbons (Fsp3) is 0.286. The van der Waals surface area contributed by atoms with Crippen molar-refractivity contribution in [1.29, 1.82) is 0 Å². The average molecular weight is 338 g/mol. The zero-order valence-corrected chi connectivity index (χ0v) is 13.4. The maximum atomic E-state index is 12.2. The van der Waals surface area contributed by atoms with Crippen molar-refractivity contribution in [3.8, 4) is 5.75 Å². The van der Waals surface area contributed by atoms with Crippen molar-refractivity contribution in [1.82, 2.24) is 15.0 Å². The third kappa shape index (κ3) is 4.68. The fourth-order valence-electron chi connectivity index (χ4n) is 1.66. The first kappa shape index (κ1) is 16.8. The zero-order chi connectivity index (χ0) is 17.0. The van der Waals surface area contributed by atoms with Gasteiger partial charge in [0.2, 0.25) is 11.9 Å². The molecule has 23 heavy (non-hydrogen) atoms. The maximum Gasteiger partial charge on any atom is 0.350 e. The second kappa shape index (κ2) is 6.66. The number of rotatable bonds is 5. The van der Waals surface area contributed by atoms with E-state index in [-0.39, 0.29) is 24.3 Å². The number of nitrogens with two attached hydrogens (primary N) is 2. The van der Waals surface area contributed by atoms with Crippen LogP contribution in [0.5, 0.6) is 5.75 Å². The number of nitrogens with zero attached hydrogens (tertiary/aromatic N) is 3. The summed E-state index contributed by atoms with van der Waals surface area (Å²) in [5.74, 6) is -0.0268. The Morgan fingerprint density at radius 1 is 1.13 bits per heavy atom. The van der Waals surface area contributed by atoms with E-state index in [1.807, 2.05) is 0 Å². The number of anilines is 2. The summed E-state index contributed by atoms with van der Waals surface area (Å²) >= 11 is 5.80. The molecule has 0 radical (unpaired) electrons. The standard InChI is InChI=1S/C14H16ClN5O3/c1-14(2,23-9-5-3-8(15)4-6-9)11(21)22-7-10-18-12(16)20-13(17)19-10/h3-6H,7H2,1-2H3,(H4,16,17,18,19,20). The summed E-state index contributed by atoms with van der Waals surface area (Å²) in [5.41, 5.74) is 9.69. The molecule has 0 saturated heterocycles. The second-order valence-corrected chi connectivity index (χ2v) is 5.55. The van der Waals surface area contributed by atoms with Crippen LogP contribution in [0.1, 0.15) is 19.7 Å². The summed E-state index contributed by atoms with van der Waals surface area (Å²) in [7, 11) is 0. The van der Waals surface area contributed by atoms with E-state index in [0.717, 1.165) is 0 Å². The quantitative estimate of drug-likeness (QED) is 0.787. The molecule has 1 aromatic heterocycles. The minimum Gasteiger partial charge on any atom is -0.476 e. The Kier molecular flexibility index (Phi) is 4.85. The molecule has 0 spiro atoms. The molecule has 4 N–H and O–H groups in total. The van der Waals surface area contributed by atoms with Crippen LogP contribution < -0.4 is 16.2 Å². The van der Waals surface area contributed by atoms with Crippen LogP contribution in [0.2, 0.25) is 5.02 Å². The van der Waals surface area contributed by atoms with Crippen molar-refractivity contribution in [2.24, 2.45) is 0 Å². The van der Waals surface area contributed by atoms with Gasteiger partial charge in [-0.2, -0.15) is 15.0 Å². The number of carbonyl (C=O) groups is 1. The minimum absolute atomic E-state index is 0.0415. The molecule has 0 saturated carbocycles. The Balaban J connectivity index is 1.99. The van der Waals surface area contributed by atoms with Crippen LogP contribution in [-0.2, 0) is 16.1 Å². The highest BCUT2D eigenvalue weighted by atomic mass is 35.5. The lowest BCUT2D eigenvalue weighted by molar-refractivity contribution is -0.161. The van der Waals surface area contributed by atoms with Gasteiger partial charge in [-0.3, -0.25) is 0 Å².